The summed E-state index contributed by atoms with van der Waals surface area (Å²) >= 11 is 0. The number of rotatable bonds is 6. The van der Waals surface area contributed by atoms with Crippen molar-refractivity contribution in [3.05, 3.63) is 5.89 Å². The summed E-state index contributed by atoms with van der Waals surface area (Å²) in [5.74, 6) is 2.34. The quantitative estimate of drug-likeness (QED) is 0.814. The standard InChI is InChI=1S/C13H24N4O/c1-3-10-4-6-11(7-5-10)8-15-13-17-16-12(18-13)9-14-2/h10-11,14H,3-9H2,1-2H3,(H,15,17). The van der Waals surface area contributed by atoms with Crippen LogP contribution in [0.15, 0.2) is 4.42 Å². The maximum atomic E-state index is 5.46. The van der Waals surface area contributed by atoms with E-state index >= 15 is 0 Å². The molecule has 18 heavy (non-hydrogen) atoms. The van der Waals surface area contributed by atoms with E-state index in [1.165, 1.54) is 32.1 Å². The van der Waals surface area contributed by atoms with Crippen molar-refractivity contribution in [3.8, 4) is 0 Å². The van der Waals surface area contributed by atoms with Crippen molar-refractivity contribution in [3.63, 3.8) is 0 Å². The fourth-order valence-corrected chi connectivity index (χ4v) is 2.62. The molecule has 2 rings (SSSR count). The summed E-state index contributed by atoms with van der Waals surface area (Å²) in [6.07, 6.45) is 6.72. The van der Waals surface area contributed by atoms with Crippen LogP contribution in [0, 0.1) is 11.8 Å². The van der Waals surface area contributed by atoms with Gasteiger partial charge in [0.25, 0.3) is 0 Å². The normalized spacial score (nSPS) is 24.1. The molecule has 2 N–H and O–H groups in total. The molecule has 0 aromatic carbocycles. The van der Waals surface area contributed by atoms with Gasteiger partial charge in [-0.25, -0.2) is 0 Å². The first-order chi connectivity index (χ1) is 8.81. The smallest absolute Gasteiger partial charge is 0.315 e. The van der Waals surface area contributed by atoms with Crippen molar-refractivity contribution >= 4 is 6.01 Å². The van der Waals surface area contributed by atoms with Gasteiger partial charge in [-0.2, -0.15) is 0 Å². The summed E-state index contributed by atoms with van der Waals surface area (Å²) in [6, 6.07) is 0.554. The van der Waals surface area contributed by atoms with E-state index in [2.05, 4.69) is 27.8 Å². The molecule has 1 aliphatic carbocycles. The predicted octanol–water partition coefficient (Wildman–Crippen LogP) is 2.42. The number of anilines is 1. The Morgan fingerprint density at radius 3 is 2.56 bits per heavy atom. The molecule has 1 saturated carbocycles. The van der Waals surface area contributed by atoms with Crippen LogP contribution in [-0.4, -0.2) is 23.8 Å². The second-order valence-electron chi connectivity index (χ2n) is 5.21. The molecule has 5 nitrogen and oxygen atoms in total. The summed E-state index contributed by atoms with van der Waals surface area (Å²) in [5, 5.41) is 14.2. The first-order valence-electron chi connectivity index (χ1n) is 7.02. The fourth-order valence-electron chi connectivity index (χ4n) is 2.62. The van der Waals surface area contributed by atoms with Gasteiger partial charge in [0.15, 0.2) is 0 Å². The molecular weight excluding hydrogens is 228 g/mol. The van der Waals surface area contributed by atoms with E-state index in [9.17, 15) is 0 Å². The number of nitrogens with zero attached hydrogens (tertiary/aromatic N) is 2. The summed E-state index contributed by atoms with van der Waals surface area (Å²) in [4.78, 5) is 0. The largest absolute Gasteiger partial charge is 0.407 e. The molecule has 0 unspecified atom stereocenters. The topological polar surface area (TPSA) is 63.0 Å². The first kappa shape index (κ1) is 13.3. The van der Waals surface area contributed by atoms with Gasteiger partial charge < -0.3 is 15.1 Å². The molecule has 0 aliphatic heterocycles. The van der Waals surface area contributed by atoms with Crippen molar-refractivity contribution in [2.24, 2.45) is 11.8 Å². The van der Waals surface area contributed by atoms with Gasteiger partial charge in [-0.3, -0.25) is 0 Å². The van der Waals surface area contributed by atoms with Gasteiger partial charge in [0.05, 0.1) is 6.54 Å². The van der Waals surface area contributed by atoms with Crippen LogP contribution < -0.4 is 10.6 Å². The molecule has 0 atom stereocenters. The van der Waals surface area contributed by atoms with Crippen LogP contribution in [0.5, 0.6) is 0 Å². The third-order valence-corrected chi connectivity index (χ3v) is 3.88. The van der Waals surface area contributed by atoms with Crippen molar-refractivity contribution in [2.45, 2.75) is 45.6 Å². The molecule has 1 fully saturated rings. The Bertz CT molecular complexity index is 345. The zero-order chi connectivity index (χ0) is 12.8. The van der Waals surface area contributed by atoms with Crippen molar-refractivity contribution in [2.75, 3.05) is 18.9 Å². The summed E-state index contributed by atoms with van der Waals surface area (Å²) in [6.45, 7) is 3.87. The minimum atomic E-state index is 0.554. The van der Waals surface area contributed by atoms with E-state index in [1.807, 2.05) is 7.05 Å². The highest BCUT2D eigenvalue weighted by Crippen LogP contribution is 2.30. The fraction of sp³-hybridized carbons (Fsp3) is 0.846. The Balaban J connectivity index is 1.71. The Labute approximate surface area is 109 Å². The minimum Gasteiger partial charge on any atom is -0.407 e. The zero-order valence-corrected chi connectivity index (χ0v) is 11.4. The Hall–Kier alpha value is -1.10. The molecule has 5 heteroatoms. The van der Waals surface area contributed by atoms with E-state index in [4.69, 9.17) is 4.42 Å². The van der Waals surface area contributed by atoms with Gasteiger partial charge >= 0.3 is 6.01 Å². The number of hydrogen-bond acceptors (Lipinski definition) is 5. The summed E-state index contributed by atoms with van der Waals surface area (Å²) in [5.41, 5.74) is 0. The lowest BCUT2D eigenvalue weighted by Crippen LogP contribution is -2.21. The van der Waals surface area contributed by atoms with E-state index in [0.717, 1.165) is 18.4 Å². The lowest BCUT2D eigenvalue weighted by molar-refractivity contribution is 0.277. The molecule has 1 aromatic heterocycles. The van der Waals surface area contributed by atoms with Crippen LogP contribution in [0.1, 0.15) is 44.9 Å². The third-order valence-electron chi connectivity index (χ3n) is 3.88. The molecule has 1 heterocycles. The van der Waals surface area contributed by atoms with Crippen LogP contribution >= 0.6 is 0 Å². The number of aromatic nitrogens is 2. The van der Waals surface area contributed by atoms with Crippen LogP contribution in [0.3, 0.4) is 0 Å². The molecular formula is C13H24N4O. The maximum absolute atomic E-state index is 5.46. The summed E-state index contributed by atoms with van der Waals surface area (Å²) in [7, 11) is 1.86. The van der Waals surface area contributed by atoms with Crippen molar-refractivity contribution < 1.29 is 4.42 Å². The highest BCUT2D eigenvalue weighted by molar-refractivity contribution is 5.16. The molecule has 1 aliphatic rings. The number of nitrogens with one attached hydrogen (secondary N) is 2. The average Bonchev–Trinajstić information content (AvgIpc) is 2.85. The average molecular weight is 252 g/mol. The van der Waals surface area contributed by atoms with Gasteiger partial charge in [-0.1, -0.05) is 31.3 Å². The first-order valence-corrected chi connectivity index (χ1v) is 7.02. The van der Waals surface area contributed by atoms with Crippen LogP contribution in [0.2, 0.25) is 0 Å². The highest BCUT2D eigenvalue weighted by Gasteiger charge is 2.20. The van der Waals surface area contributed by atoms with Gasteiger partial charge in [0, 0.05) is 6.54 Å². The van der Waals surface area contributed by atoms with E-state index in [-0.39, 0.29) is 0 Å². The van der Waals surface area contributed by atoms with Gasteiger partial charge in [0.2, 0.25) is 5.89 Å². The van der Waals surface area contributed by atoms with Crippen LogP contribution in [-0.2, 0) is 6.54 Å². The number of hydrogen-bond donors (Lipinski definition) is 2. The highest BCUT2D eigenvalue weighted by atomic mass is 16.4. The third kappa shape index (κ3) is 3.70. The van der Waals surface area contributed by atoms with Gasteiger partial charge in [-0.15, -0.1) is 5.10 Å². The molecule has 0 bridgehead atoms. The van der Waals surface area contributed by atoms with Crippen LogP contribution in [0.25, 0.3) is 0 Å². The van der Waals surface area contributed by atoms with Crippen LogP contribution in [0.4, 0.5) is 6.01 Å². The zero-order valence-electron chi connectivity index (χ0n) is 11.4. The summed E-state index contributed by atoms with van der Waals surface area (Å²) < 4.78 is 5.46. The molecule has 1 aromatic rings. The Kier molecular flexibility index (Phi) is 4.99. The lowest BCUT2D eigenvalue weighted by atomic mass is 9.81. The Morgan fingerprint density at radius 1 is 1.17 bits per heavy atom. The molecule has 0 spiro atoms. The molecule has 0 amide bonds. The van der Waals surface area contributed by atoms with E-state index in [0.29, 0.717) is 18.5 Å². The lowest BCUT2D eigenvalue weighted by Gasteiger charge is -2.27. The van der Waals surface area contributed by atoms with Crippen molar-refractivity contribution in [1.29, 1.82) is 0 Å². The molecule has 102 valence electrons. The molecule has 0 saturated heterocycles. The van der Waals surface area contributed by atoms with E-state index in [1.54, 1.807) is 0 Å². The molecule has 0 radical (unpaired) electrons. The van der Waals surface area contributed by atoms with Crippen molar-refractivity contribution in [1.82, 2.24) is 15.5 Å². The van der Waals surface area contributed by atoms with Gasteiger partial charge in [-0.05, 0) is 31.7 Å². The predicted molar refractivity (Wildman–Crippen MR) is 71.3 cm³/mol. The second-order valence-corrected chi connectivity index (χ2v) is 5.21. The Morgan fingerprint density at radius 2 is 1.89 bits per heavy atom. The maximum Gasteiger partial charge on any atom is 0.315 e. The monoisotopic (exact) mass is 252 g/mol. The SMILES string of the molecule is CCC1CCC(CNc2nnc(CNC)o2)CC1. The minimum absolute atomic E-state index is 0.554. The van der Waals surface area contributed by atoms with Gasteiger partial charge in [0.1, 0.15) is 0 Å². The second kappa shape index (κ2) is 6.73. The van der Waals surface area contributed by atoms with E-state index < -0.39 is 0 Å².